The van der Waals surface area contributed by atoms with Crippen molar-refractivity contribution in [3.8, 4) is 0 Å². The van der Waals surface area contributed by atoms with Gasteiger partial charge in [-0.15, -0.1) is 11.3 Å². The van der Waals surface area contributed by atoms with Crippen LogP contribution in [0.25, 0.3) is 10.2 Å². The van der Waals surface area contributed by atoms with Crippen LogP contribution >= 0.6 is 11.3 Å². The maximum absolute atomic E-state index is 5.48. The fourth-order valence-corrected chi connectivity index (χ4v) is 3.14. The summed E-state index contributed by atoms with van der Waals surface area (Å²) in [5.74, 6) is 6.70. The third-order valence-corrected chi connectivity index (χ3v) is 4.09. The first kappa shape index (κ1) is 12.6. The van der Waals surface area contributed by atoms with Crippen LogP contribution in [0.1, 0.15) is 17.7 Å². The van der Waals surface area contributed by atoms with Crippen molar-refractivity contribution in [1.29, 1.82) is 0 Å². The monoisotopic (exact) mass is 279 g/mol. The summed E-state index contributed by atoms with van der Waals surface area (Å²) in [4.78, 5) is 10.9. The summed E-state index contributed by atoms with van der Waals surface area (Å²) in [5, 5.41) is 4.50. The average Bonchev–Trinajstić information content (AvgIpc) is 2.80. The lowest BCUT2D eigenvalue weighted by Gasteiger charge is -2.24. The molecule has 1 fully saturated rings. The maximum atomic E-state index is 5.48. The minimum absolute atomic E-state index is 0.303. The van der Waals surface area contributed by atoms with E-state index in [1.807, 2.05) is 0 Å². The van der Waals surface area contributed by atoms with Crippen molar-refractivity contribution in [2.24, 2.45) is 5.84 Å². The van der Waals surface area contributed by atoms with Gasteiger partial charge in [-0.1, -0.05) is 0 Å². The van der Waals surface area contributed by atoms with Gasteiger partial charge in [0.15, 0.2) is 0 Å². The number of nitrogens with zero attached hydrogens (tertiary/aromatic N) is 2. The lowest BCUT2D eigenvalue weighted by atomic mass is 10.1. The summed E-state index contributed by atoms with van der Waals surface area (Å²) < 4.78 is 5.48. The number of nitrogen functional groups attached to an aromatic ring is 1. The predicted octanol–water partition coefficient (Wildman–Crippen LogP) is 1.88. The second-order valence-electron chi connectivity index (χ2n) is 4.67. The highest BCUT2D eigenvalue weighted by Crippen LogP contribution is 2.30. The van der Waals surface area contributed by atoms with E-state index in [9.17, 15) is 0 Å². The zero-order chi connectivity index (χ0) is 13.2. The second kappa shape index (κ2) is 5.28. The Bertz CT molecular complexity index is 579. The molecule has 1 unspecified atom stereocenters. The fourth-order valence-electron chi connectivity index (χ4n) is 2.26. The normalized spacial score (nSPS) is 19.6. The molecule has 0 radical (unpaired) electrons. The van der Waals surface area contributed by atoms with E-state index in [1.165, 1.54) is 4.88 Å². The molecule has 1 atom stereocenters. The molecular weight excluding hydrogens is 262 g/mol. The Morgan fingerprint density at radius 1 is 1.47 bits per heavy atom. The highest BCUT2D eigenvalue weighted by Gasteiger charge is 2.17. The Kier molecular flexibility index (Phi) is 3.50. The Balaban J connectivity index is 1.95. The molecular formula is C12H17N5OS. The summed E-state index contributed by atoms with van der Waals surface area (Å²) in [6, 6.07) is 2.41. The second-order valence-corrected chi connectivity index (χ2v) is 5.91. The minimum atomic E-state index is 0.303. The molecule has 0 spiro atoms. The van der Waals surface area contributed by atoms with Crippen molar-refractivity contribution in [2.75, 3.05) is 24.0 Å². The first-order valence-corrected chi connectivity index (χ1v) is 7.17. The molecule has 3 heterocycles. The molecule has 7 heteroatoms. The predicted molar refractivity (Wildman–Crippen MR) is 77.4 cm³/mol. The van der Waals surface area contributed by atoms with Crippen molar-refractivity contribution in [3.05, 3.63) is 10.9 Å². The lowest BCUT2D eigenvalue weighted by molar-refractivity contribution is 0.0875. The van der Waals surface area contributed by atoms with Gasteiger partial charge in [0.1, 0.15) is 10.6 Å². The number of rotatable bonds is 3. The largest absolute Gasteiger partial charge is 0.379 e. The molecule has 0 aromatic carbocycles. The summed E-state index contributed by atoms with van der Waals surface area (Å²) in [6.45, 7) is 3.64. The van der Waals surface area contributed by atoms with E-state index < -0.39 is 0 Å². The van der Waals surface area contributed by atoms with Crippen molar-refractivity contribution in [2.45, 2.75) is 25.8 Å². The van der Waals surface area contributed by atoms with Crippen LogP contribution in [0, 0.1) is 6.92 Å². The number of aromatic nitrogens is 2. The van der Waals surface area contributed by atoms with E-state index in [4.69, 9.17) is 10.6 Å². The number of hydrogen-bond donors (Lipinski definition) is 3. The van der Waals surface area contributed by atoms with Crippen molar-refractivity contribution >= 4 is 33.3 Å². The zero-order valence-electron chi connectivity index (χ0n) is 10.8. The molecule has 3 rings (SSSR count). The number of hydrogen-bond acceptors (Lipinski definition) is 7. The maximum Gasteiger partial charge on any atom is 0.240 e. The Morgan fingerprint density at radius 2 is 2.37 bits per heavy atom. The van der Waals surface area contributed by atoms with E-state index in [0.29, 0.717) is 12.0 Å². The Labute approximate surface area is 115 Å². The number of hydrazine groups is 1. The van der Waals surface area contributed by atoms with Gasteiger partial charge in [-0.3, -0.25) is 5.43 Å². The van der Waals surface area contributed by atoms with Gasteiger partial charge in [-0.05, 0) is 25.8 Å². The number of aryl methyl sites for hydroxylation is 1. The molecule has 2 aromatic heterocycles. The van der Waals surface area contributed by atoms with Gasteiger partial charge in [-0.25, -0.2) is 10.8 Å². The molecule has 2 aromatic rings. The standard InChI is InChI=1S/C12H17N5OS/c1-7-5-9-10(14-8-3-2-4-18-6-8)15-12(17-13)16-11(9)19-7/h5,8H,2-4,6,13H2,1H3,(H2,14,15,16,17). The van der Waals surface area contributed by atoms with Crippen LogP contribution in [0.15, 0.2) is 6.07 Å². The van der Waals surface area contributed by atoms with Gasteiger partial charge >= 0.3 is 0 Å². The van der Waals surface area contributed by atoms with Crippen LogP contribution in [0.4, 0.5) is 11.8 Å². The van der Waals surface area contributed by atoms with Crippen LogP contribution in [0.3, 0.4) is 0 Å². The van der Waals surface area contributed by atoms with Gasteiger partial charge in [0.25, 0.3) is 0 Å². The van der Waals surface area contributed by atoms with Gasteiger partial charge in [-0.2, -0.15) is 4.98 Å². The molecule has 0 aliphatic carbocycles. The number of nitrogens with one attached hydrogen (secondary N) is 2. The molecule has 19 heavy (non-hydrogen) atoms. The molecule has 102 valence electrons. The summed E-state index contributed by atoms with van der Waals surface area (Å²) >= 11 is 1.64. The van der Waals surface area contributed by atoms with Gasteiger partial charge in [0, 0.05) is 11.5 Å². The number of fused-ring (bicyclic) bond motifs is 1. The third-order valence-electron chi connectivity index (χ3n) is 3.15. The smallest absolute Gasteiger partial charge is 0.240 e. The molecule has 1 saturated heterocycles. The number of nitrogens with two attached hydrogens (primary N) is 1. The van der Waals surface area contributed by atoms with E-state index in [-0.39, 0.29) is 0 Å². The highest BCUT2D eigenvalue weighted by molar-refractivity contribution is 7.18. The minimum Gasteiger partial charge on any atom is -0.379 e. The fraction of sp³-hybridized carbons (Fsp3) is 0.500. The van der Waals surface area contributed by atoms with Crippen LogP contribution in [0.5, 0.6) is 0 Å². The quantitative estimate of drug-likeness (QED) is 0.587. The van der Waals surface area contributed by atoms with Crippen molar-refractivity contribution < 1.29 is 4.74 Å². The van der Waals surface area contributed by atoms with Gasteiger partial charge in [0.2, 0.25) is 5.95 Å². The molecule has 4 N–H and O–H groups in total. The number of thiophene rings is 1. The molecule has 6 nitrogen and oxygen atoms in total. The Hall–Kier alpha value is -1.44. The first-order chi connectivity index (χ1) is 9.26. The van der Waals surface area contributed by atoms with Gasteiger partial charge < -0.3 is 10.1 Å². The van der Waals surface area contributed by atoms with Crippen molar-refractivity contribution in [1.82, 2.24) is 9.97 Å². The van der Waals surface area contributed by atoms with E-state index in [1.54, 1.807) is 11.3 Å². The highest BCUT2D eigenvalue weighted by atomic mass is 32.1. The molecule has 0 bridgehead atoms. The topological polar surface area (TPSA) is 85.1 Å². The summed E-state index contributed by atoms with van der Waals surface area (Å²) in [6.07, 6.45) is 2.18. The molecule has 0 saturated carbocycles. The number of ether oxygens (including phenoxy) is 1. The van der Waals surface area contributed by atoms with Gasteiger partial charge in [0.05, 0.1) is 18.0 Å². The Morgan fingerprint density at radius 3 is 3.11 bits per heavy atom. The van der Waals surface area contributed by atoms with Crippen LogP contribution in [-0.4, -0.2) is 29.2 Å². The molecule has 0 amide bonds. The summed E-state index contributed by atoms with van der Waals surface area (Å²) in [5.41, 5.74) is 2.52. The zero-order valence-corrected chi connectivity index (χ0v) is 11.6. The van der Waals surface area contributed by atoms with Crippen LogP contribution in [0.2, 0.25) is 0 Å². The molecule has 1 aliphatic heterocycles. The molecule has 1 aliphatic rings. The lowest BCUT2D eigenvalue weighted by Crippen LogP contribution is -2.30. The van der Waals surface area contributed by atoms with Crippen LogP contribution < -0.4 is 16.6 Å². The van der Waals surface area contributed by atoms with Crippen LogP contribution in [-0.2, 0) is 4.74 Å². The SMILES string of the molecule is Cc1cc2c(NC3CCCOC3)nc(NN)nc2s1. The summed E-state index contributed by atoms with van der Waals surface area (Å²) in [7, 11) is 0. The first-order valence-electron chi connectivity index (χ1n) is 6.35. The van der Waals surface area contributed by atoms with E-state index >= 15 is 0 Å². The van der Waals surface area contributed by atoms with E-state index in [2.05, 4.69) is 33.7 Å². The number of anilines is 2. The van der Waals surface area contributed by atoms with E-state index in [0.717, 1.165) is 42.1 Å². The van der Waals surface area contributed by atoms with Crippen molar-refractivity contribution in [3.63, 3.8) is 0 Å². The average molecular weight is 279 g/mol. The third kappa shape index (κ3) is 2.63.